The van der Waals surface area contributed by atoms with Crippen molar-refractivity contribution in [2.45, 2.75) is 33.7 Å². The Balaban J connectivity index is 1.50. The number of aryl methyl sites for hydroxylation is 2. The van der Waals surface area contributed by atoms with E-state index in [0.29, 0.717) is 33.8 Å². The molecule has 7 nitrogen and oxygen atoms in total. The molecule has 1 aliphatic rings. The second kappa shape index (κ2) is 9.11. The molecule has 1 aliphatic heterocycles. The summed E-state index contributed by atoms with van der Waals surface area (Å²) in [5.41, 5.74) is 4.81. The summed E-state index contributed by atoms with van der Waals surface area (Å²) in [6.45, 7) is 6.44. The third-order valence-electron chi connectivity index (χ3n) is 6.22. The molecule has 4 aromatic rings. The molecule has 8 heteroatoms. The molecule has 0 atom stereocenters. The molecule has 0 spiro atoms. The van der Waals surface area contributed by atoms with Crippen LogP contribution in [-0.4, -0.2) is 34.4 Å². The van der Waals surface area contributed by atoms with Crippen LogP contribution in [0.2, 0.25) is 0 Å². The lowest BCUT2D eigenvalue weighted by Gasteiger charge is -2.29. The number of amides is 1. The zero-order valence-corrected chi connectivity index (χ0v) is 20.6. The van der Waals surface area contributed by atoms with Crippen LogP contribution >= 0.6 is 11.3 Å². The monoisotopic (exact) mass is 487 g/mol. The topological polar surface area (TPSA) is 81.5 Å². The van der Waals surface area contributed by atoms with Crippen molar-refractivity contribution >= 4 is 38.9 Å². The SMILES string of the molecule is CCCN1C(=O)COc2ccc(C(=O)Cn3cnc4scc(-c5ccc(C)cc5C)c4c3=O)cc21. The van der Waals surface area contributed by atoms with Gasteiger partial charge in [-0.3, -0.25) is 19.0 Å². The number of ether oxygens (including phenoxy) is 1. The van der Waals surface area contributed by atoms with E-state index in [1.54, 1.807) is 23.1 Å². The number of thiophene rings is 1. The molecule has 2 aromatic carbocycles. The number of rotatable bonds is 6. The minimum Gasteiger partial charge on any atom is -0.482 e. The maximum Gasteiger partial charge on any atom is 0.265 e. The molecule has 0 N–H and O–H groups in total. The van der Waals surface area contributed by atoms with Gasteiger partial charge < -0.3 is 9.64 Å². The lowest BCUT2D eigenvalue weighted by Crippen LogP contribution is -2.39. The summed E-state index contributed by atoms with van der Waals surface area (Å²) in [4.78, 5) is 45.7. The van der Waals surface area contributed by atoms with Crippen molar-refractivity contribution in [1.82, 2.24) is 9.55 Å². The molecule has 0 unspecified atom stereocenters. The second-order valence-electron chi connectivity index (χ2n) is 8.77. The fourth-order valence-corrected chi connectivity index (χ4v) is 5.38. The number of aromatic nitrogens is 2. The number of hydrogen-bond acceptors (Lipinski definition) is 6. The molecular weight excluding hydrogens is 462 g/mol. The first-order chi connectivity index (χ1) is 16.9. The molecule has 0 aliphatic carbocycles. The molecule has 35 heavy (non-hydrogen) atoms. The Hall–Kier alpha value is -3.78. The Morgan fingerprint density at radius 3 is 2.71 bits per heavy atom. The Morgan fingerprint density at radius 2 is 1.94 bits per heavy atom. The van der Waals surface area contributed by atoms with Gasteiger partial charge in [0.1, 0.15) is 10.6 Å². The van der Waals surface area contributed by atoms with Gasteiger partial charge in [-0.2, -0.15) is 0 Å². The van der Waals surface area contributed by atoms with E-state index in [0.717, 1.165) is 28.7 Å². The fraction of sp³-hybridized carbons (Fsp3) is 0.259. The van der Waals surface area contributed by atoms with Gasteiger partial charge in [0.2, 0.25) is 0 Å². The van der Waals surface area contributed by atoms with E-state index in [1.807, 2.05) is 38.3 Å². The third kappa shape index (κ3) is 4.14. The summed E-state index contributed by atoms with van der Waals surface area (Å²) in [7, 11) is 0. The van der Waals surface area contributed by atoms with Crippen molar-refractivity contribution in [3.63, 3.8) is 0 Å². The number of Topliss-reactive ketones (excluding diaryl/α,β-unsaturated/α-hetero) is 1. The van der Waals surface area contributed by atoms with Crippen LogP contribution in [0.15, 0.2) is 52.9 Å². The van der Waals surface area contributed by atoms with E-state index in [-0.39, 0.29) is 30.4 Å². The lowest BCUT2D eigenvalue weighted by molar-refractivity contribution is -0.121. The minimum atomic E-state index is -0.247. The molecule has 0 fully saturated rings. The number of carbonyl (C=O) groups is 2. The van der Waals surface area contributed by atoms with Crippen LogP contribution in [0.25, 0.3) is 21.3 Å². The Bertz CT molecular complexity index is 1540. The Labute approximate surface area is 206 Å². The predicted octanol–water partition coefficient (Wildman–Crippen LogP) is 4.76. The number of carbonyl (C=O) groups excluding carboxylic acids is 2. The molecular formula is C27H25N3O4S. The highest BCUT2D eigenvalue weighted by Gasteiger charge is 2.26. The van der Waals surface area contributed by atoms with Crippen LogP contribution in [0.1, 0.15) is 34.8 Å². The Kier molecular flexibility index (Phi) is 5.98. The highest BCUT2D eigenvalue weighted by molar-refractivity contribution is 7.17. The number of ketones is 1. The molecule has 0 saturated heterocycles. The van der Waals surface area contributed by atoms with Crippen LogP contribution < -0.4 is 15.2 Å². The van der Waals surface area contributed by atoms with E-state index < -0.39 is 0 Å². The maximum absolute atomic E-state index is 13.4. The largest absolute Gasteiger partial charge is 0.482 e. The highest BCUT2D eigenvalue weighted by Crippen LogP contribution is 2.34. The summed E-state index contributed by atoms with van der Waals surface area (Å²) in [5, 5.41) is 2.47. The van der Waals surface area contributed by atoms with E-state index in [9.17, 15) is 14.4 Å². The van der Waals surface area contributed by atoms with Gasteiger partial charge in [0.25, 0.3) is 11.5 Å². The van der Waals surface area contributed by atoms with Gasteiger partial charge in [-0.05, 0) is 49.6 Å². The van der Waals surface area contributed by atoms with Crippen molar-refractivity contribution in [2.75, 3.05) is 18.1 Å². The van der Waals surface area contributed by atoms with Crippen LogP contribution in [0.5, 0.6) is 5.75 Å². The van der Waals surface area contributed by atoms with Gasteiger partial charge >= 0.3 is 0 Å². The van der Waals surface area contributed by atoms with Gasteiger partial charge in [-0.25, -0.2) is 4.98 Å². The van der Waals surface area contributed by atoms with E-state index >= 15 is 0 Å². The van der Waals surface area contributed by atoms with Gasteiger partial charge in [-0.15, -0.1) is 11.3 Å². The third-order valence-corrected chi connectivity index (χ3v) is 7.10. The van der Waals surface area contributed by atoms with Crippen LogP contribution in [0.3, 0.4) is 0 Å². The zero-order chi connectivity index (χ0) is 24.7. The summed E-state index contributed by atoms with van der Waals surface area (Å²) in [6.07, 6.45) is 2.22. The van der Waals surface area contributed by atoms with Gasteiger partial charge in [0.15, 0.2) is 12.4 Å². The molecule has 0 bridgehead atoms. The Morgan fingerprint density at radius 1 is 1.11 bits per heavy atom. The van der Waals surface area contributed by atoms with E-state index in [1.165, 1.54) is 22.2 Å². The average Bonchev–Trinajstić information content (AvgIpc) is 3.27. The molecule has 178 valence electrons. The highest BCUT2D eigenvalue weighted by atomic mass is 32.1. The summed E-state index contributed by atoms with van der Waals surface area (Å²) in [6, 6.07) is 11.2. The average molecular weight is 488 g/mol. The molecule has 0 saturated carbocycles. The minimum absolute atomic E-state index is 0.00913. The van der Waals surface area contributed by atoms with Crippen molar-refractivity contribution in [3.05, 3.63) is 75.1 Å². The summed E-state index contributed by atoms with van der Waals surface area (Å²) in [5.74, 6) is 0.200. The van der Waals surface area contributed by atoms with E-state index in [4.69, 9.17) is 4.74 Å². The molecule has 1 amide bonds. The maximum atomic E-state index is 13.4. The molecule has 0 radical (unpaired) electrons. The number of nitrogens with zero attached hydrogens (tertiary/aromatic N) is 3. The van der Waals surface area contributed by atoms with E-state index in [2.05, 4.69) is 11.1 Å². The van der Waals surface area contributed by atoms with Gasteiger partial charge in [-0.1, -0.05) is 30.7 Å². The number of hydrogen-bond donors (Lipinski definition) is 0. The van der Waals surface area contributed by atoms with Crippen molar-refractivity contribution in [2.24, 2.45) is 0 Å². The fourth-order valence-electron chi connectivity index (χ4n) is 4.48. The first-order valence-electron chi connectivity index (χ1n) is 11.5. The smallest absolute Gasteiger partial charge is 0.265 e. The quantitative estimate of drug-likeness (QED) is 0.366. The van der Waals surface area contributed by atoms with Gasteiger partial charge in [0, 0.05) is 23.1 Å². The standard InChI is InChI=1S/C27H25N3O4S/c1-4-9-30-21-11-18(6-8-23(21)34-13-24(30)32)22(31)12-29-15-28-26-25(27(29)33)20(14-35-26)19-7-5-16(2)10-17(19)3/h5-8,10-11,14-15H,4,9,12-13H2,1-3H3. The second-order valence-corrected chi connectivity index (χ2v) is 9.62. The summed E-state index contributed by atoms with van der Waals surface area (Å²) >= 11 is 1.42. The first-order valence-corrected chi connectivity index (χ1v) is 12.4. The predicted molar refractivity (Wildman–Crippen MR) is 138 cm³/mol. The lowest BCUT2D eigenvalue weighted by atomic mass is 9.99. The van der Waals surface area contributed by atoms with Gasteiger partial charge in [0.05, 0.1) is 23.9 Å². The van der Waals surface area contributed by atoms with Crippen molar-refractivity contribution in [3.8, 4) is 16.9 Å². The number of fused-ring (bicyclic) bond motifs is 2. The molecule has 5 rings (SSSR count). The first kappa shape index (κ1) is 23.0. The molecule has 2 aromatic heterocycles. The number of anilines is 1. The van der Waals surface area contributed by atoms with Crippen LogP contribution in [-0.2, 0) is 11.3 Å². The van der Waals surface area contributed by atoms with Crippen molar-refractivity contribution < 1.29 is 14.3 Å². The van der Waals surface area contributed by atoms with Crippen LogP contribution in [0.4, 0.5) is 5.69 Å². The van der Waals surface area contributed by atoms with Crippen molar-refractivity contribution in [1.29, 1.82) is 0 Å². The number of benzene rings is 2. The normalized spacial score (nSPS) is 13.1. The van der Waals surface area contributed by atoms with Crippen LogP contribution in [0, 0.1) is 13.8 Å². The summed E-state index contributed by atoms with van der Waals surface area (Å²) < 4.78 is 6.89. The molecule has 3 heterocycles. The zero-order valence-electron chi connectivity index (χ0n) is 19.8.